The SMILES string of the molecule is COC(=O)c1cccc(NC(=O)C2CC3C=CC2C3)c1.O=C(O)C1CC2C=CC1C2.O=C(O)c1cccc(NC(=O)C2CC3C=CC2C3)c1. The molecule has 8 rings (SSSR count). The van der Waals surface area contributed by atoms with Crippen LogP contribution in [0.2, 0.25) is 0 Å². The van der Waals surface area contributed by atoms with Crippen LogP contribution in [-0.4, -0.2) is 47.0 Å². The van der Waals surface area contributed by atoms with Crippen LogP contribution in [0, 0.1) is 53.3 Å². The molecule has 0 saturated heterocycles. The van der Waals surface area contributed by atoms with E-state index in [0.717, 1.165) is 38.5 Å². The van der Waals surface area contributed by atoms with Gasteiger partial charge in [-0.25, -0.2) is 9.59 Å². The maximum Gasteiger partial charge on any atom is 0.337 e. The number of nitrogens with one attached hydrogen (secondary N) is 2. The summed E-state index contributed by atoms with van der Waals surface area (Å²) < 4.78 is 4.68. The second kappa shape index (κ2) is 14.6. The number of esters is 1. The van der Waals surface area contributed by atoms with E-state index >= 15 is 0 Å². The molecule has 2 aromatic carbocycles. The molecule has 3 fully saturated rings. The van der Waals surface area contributed by atoms with Crippen molar-refractivity contribution in [2.24, 2.45) is 53.3 Å². The average Bonchev–Trinajstić information content (AvgIpc) is 3.97. The molecule has 0 radical (unpaired) electrons. The van der Waals surface area contributed by atoms with Gasteiger partial charge in [0.1, 0.15) is 0 Å². The van der Waals surface area contributed by atoms with Crippen molar-refractivity contribution in [2.75, 3.05) is 17.7 Å². The summed E-state index contributed by atoms with van der Waals surface area (Å²) in [5.41, 5.74) is 1.82. The number of ether oxygens (including phenoxy) is 1. The van der Waals surface area contributed by atoms with Gasteiger partial charge in [0.25, 0.3) is 0 Å². The van der Waals surface area contributed by atoms with Gasteiger partial charge in [-0.3, -0.25) is 14.4 Å². The Labute approximate surface area is 285 Å². The van der Waals surface area contributed by atoms with Crippen molar-refractivity contribution in [3.8, 4) is 0 Å². The second-order valence-corrected chi connectivity index (χ2v) is 13.9. The van der Waals surface area contributed by atoms with Crippen molar-refractivity contribution in [3.63, 3.8) is 0 Å². The summed E-state index contributed by atoms with van der Waals surface area (Å²) in [6.45, 7) is 0. The zero-order chi connectivity index (χ0) is 34.7. The number of carboxylic acid groups (broad SMARTS) is 2. The second-order valence-electron chi connectivity index (χ2n) is 13.9. The van der Waals surface area contributed by atoms with Crippen molar-refractivity contribution < 1.29 is 38.9 Å². The molecule has 49 heavy (non-hydrogen) atoms. The molecule has 4 N–H and O–H groups in total. The number of fused-ring (bicyclic) bond motifs is 6. The molecule has 10 heteroatoms. The molecule has 9 atom stereocenters. The highest BCUT2D eigenvalue weighted by Gasteiger charge is 2.41. The fraction of sp³-hybridized carbons (Fsp3) is 0.410. The Bertz CT molecular complexity index is 1710. The van der Waals surface area contributed by atoms with Gasteiger partial charge in [-0.2, -0.15) is 0 Å². The fourth-order valence-corrected chi connectivity index (χ4v) is 8.27. The first-order chi connectivity index (χ1) is 23.6. The van der Waals surface area contributed by atoms with Crippen molar-refractivity contribution in [1.29, 1.82) is 0 Å². The smallest absolute Gasteiger partial charge is 0.337 e. The summed E-state index contributed by atoms with van der Waals surface area (Å²) in [4.78, 5) is 57.4. The Morgan fingerprint density at radius 2 is 1.02 bits per heavy atom. The highest BCUT2D eigenvalue weighted by Crippen LogP contribution is 2.45. The Morgan fingerprint density at radius 3 is 1.37 bits per heavy atom. The first kappa shape index (κ1) is 33.9. The minimum atomic E-state index is -0.987. The van der Waals surface area contributed by atoms with Gasteiger partial charge < -0.3 is 25.6 Å². The number of methoxy groups -OCH3 is 1. The predicted molar refractivity (Wildman–Crippen MR) is 183 cm³/mol. The topological polar surface area (TPSA) is 159 Å². The zero-order valence-electron chi connectivity index (χ0n) is 27.4. The molecule has 0 aliphatic heterocycles. The third kappa shape index (κ3) is 7.85. The number of rotatable bonds is 7. The van der Waals surface area contributed by atoms with E-state index in [1.165, 1.54) is 19.2 Å². The molecule has 6 bridgehead atoms. The van der Waals surface area contributed by atoms with Crippen molar-refractivity contribution >= 4 is 41.1 Å². The highest BCUT2D eigenvalue weighted by molar-refractivity contribution is 5.96. The Kier molecular flexibility index (Phi) is 10.1. The van der Waals surface area contributed by atoms with Crippen molar-refractivity contribution in [2.45, 2.75) is 38.5 Å². The molecule has 10 nitrogen and oxygen atoms in total. The Hall–Kier alpha value is -4.99. The van der Waals surface area contributed by atoms with Gasteiger partial charge in [-0.15, -0.1) is 0 Å². The van der Waals surface area contributed by atoms with Crippen molar-refractivity contribution in [3.05, 3.63) is 96.1 Å². The molecule has 256 valence electrons. The van der Waals surface area contributed by atoms with Gasteiger partial charge >= 0.3 is 17.9 Å². The molecule has 0 aromatic heterocycles. The first-order valence-corrected chi connectivity index (χ1v) is 17.0. The van der Waals surface area contributed by atoms with E-state index < -0.39 is 17.9 Å². The molecular weight excluding hydrogens is 624 g/mol. The molecule has 2 aromatic rings. The molecule has 9 unspecified atom stereocenters. The molecule has 2 amide bonds. The summed E-state index contributed by atoms with van der Waals surface area (Å²) in [5.74, 6) is 0.835. The van der Waals surface area contributed by atoms with Crippen molar-refractivity contribution in [1.82, 2.24) is 0 Å². The minimum absolute atomic E-state index is 0.000566. The Balaban J connectivity index is 0.000000134. The van der Waals surface area contributed by atoms with Crippen LogP contribution in [0.15, 0.2) is 85.0 Å². The van der Waals surface area contributed by atoms with E-state index in [9.17, 15) is 24.0 Å². The van der Waals surface area contributed by atoms with Crippen LogP contribution in [0.5, 0.6) is 0 Å². The van der Waals surface area contributed by atoms with Gasteiger partial charge in [0.05, 0.1) is 24.2 Å². The first-order valence-electron chi connectivity index (χ1n) is 17.0. The van der Waals surface area contributed by atoms with Gasteiger partial charge in [0.15, 0.2) is 0 Å². The van der Waals surface area contributed by atoms with Gasteiger partial charge in [0.2, 0.25) is 11.8 Å². The summed E-state index contributed by atoms with van der Waals surface area (Å²) in [5, 5.41) is 23.4. The predicted octanol–water partition coefficient (Wildman–Crippen LogP) is 6.44. The normalized spacial score (nSPS) is 30.2. The number of carbonyl (C=O) groups excluding carboxylic acids is 3. The lowest BCUT2D eigenvalue weighted by atomic mass is 9.93. The van der Waals surface area contributed by atoms with Crippen LogP contribution in [0.25, 0.3) is 0 Å². The van der Waals surface area contributed by atoms with Crippen LogP contribution in [-0.2, 0) is 19.1 Å². The van der Waals surface area contributed by atoms with E-state index in [1.807, 2.05) is 0 Å². The zero-order valence-corrected chi connectivity index (χ0v) is 27.4. The van der Waals surface area contributed by atoms with E-state index in [4.69, 9.17) is 10.2 Å². The van der Waals surface area contributed by atoms with Crippen LogP contribution < -0.4 is 10.6 Å². The van der Waals surface area contributed by atoms with Crippen LogP contribution in [0.3, 0.4) is 0 Å². The number of hydrogen-bond acceptors (Lipinski definition) is 6. The average molecular weight is 667 g/mol. The lowest BCUT2D eigenvalue weighted by Crippen LogP contribution is -2.26. The molecule has 0 heterocycles. The molecule has 3 saturated carbocycles. The van der Waals surface area contributed by atoms with Gasteiger partial charge in [-0.1, -0.05) is 48.6 Å². The number of hydrogen-bond donors (Lipinski definition) is 4. The van der Waals surface area contributed by atoms with E-state index in [-0.39, 0.29) is 35.1 Å². The third-order valence-corrected chi connectivity index (χ3v) is 10.8. The monoisotopic (exact) mass is 666 g/mol. The molecule has 6 aliphatic rings. The van der Waals surface area contributed by atoms with Crippen LogP contribution in [0.4, 0.5) is 11.4 Å². The summed E-state index contributed by atoms with van der Waals surface area (Å²) in [7, 11) is 1.34. The number of anilines is 2. The quantitative estimate of drug-likeness (QED) is 0.194. The van der Waals surface area contributed by atoms with E-state index in [1.54, 1.807) is 36.4 Å². The lowest BCUT2D eigenvalue weighted by Gasteiger charge is -2.17. The maximum absolute atomic E-state index is 12.3. The standard InChI is InChI=1S/C16H17NO3.C15H15NO3.C8H10O2/c1-20-16(19)12-3-2-4-13(9-12)17-15(18)14-8-10-5-6-11(14)7-10;17-14(13-7-9-4-5-10(13)6-9)16-12-3-1-2-11(8-12)15(18)19;9-8(10)7-4-5-1-2-6(7)3-5/h2-6,9-11,14H,7-8H2,1H3,(H,17,18);1-5,8-10,13H,6-7H2,(H,16,17)(H,18,19);1-2,5-7H,3-4H2,(H,9,10). The minimum Gasteiger partial charge on any atom is -0.481 e. The fourth-order valence-electron chi connectivity index (χ4n) is 8.27. The number of benzene rings is 2. The van der Waals surface area contributed by atoms with Gasteiger partial charge in [-0.05, 0) is 110 Å². The largest absolute Gasteiger partial charge is 0.481 e. The van der Waals surface area contributed by atoms with Gasteiger partial charge in [0, 0.05) is 23.2 Å². The molecular formula is C39H42N2O8. The maximum atomic E-state index is 12.3. The number of aliphatic carboxylic acids is 1. The summed E-state index contributed by atoms with van der Waals surface area (Å²) >= 11 is 0. The van der Waals surface area contributed by atoms with Crippen LogP contribution in [0.1, 0.15) is 59.2 Å². The van der Waals surface area contributed by atoms with Crippen LogP contribution >= 0.6 is 0 Å². The summed E-state index contributed by atoms with van der Waals surface area (Å²) in [6, 6.07) is 13.2. The third-order valence-electron chi connectivity index (χ3n) is 10.8. The highest BCUT2D eigenvalue weighted by atomic mass is 16.5. The lowest BCUT2D eigenvalue weighted by molar-refractivity contribution is -0.142. The molecule has 6 aliphatic carbocycles. The Morgan fingerprint density at radius 1 is 0.592 bits per heavy atom. The summed E-state index contributed by atoms with van der Waals surface area (Å²) in [6.07, 6.45) is 18.9. The number of allylic oxidation sites excluding steroid dienone is 6. The molecule has 0 spiro atoms. The number of carboxylic acids is 2. The number of aromatic carboxylic acids is 1. The number of amides is 2. The van der Waals surface area contributed by atoms with E-state index in [0.29, 0.717) is 52.4 Å². The van der Waals surface area contributed by atoms with E-state index in [2.05, 4.69) is 51.8 Å². The number of carbonyl (C=O) groups is 5.